The summed E-state index contributed by atoms with van der Waals surface area (Å²) in [5, 5.41) is 0. The first-order valence-corrected chi connectivity index (χ1v) is 5.20. The molecule has 0 atom stereocenters. The van der Waals surface area contributed by atoms with E-state index < -0.39 is 0 Å². The molecule has 1 nitrogen and oxygen atoms in total. The molecule has 0 saturated carbocycles. The lowest BCUT2D eigenvalue weighted by Gasteiger charge is -2.15. The number of rotatable bonds is 1. The second-order valence-corrected chi connectivity index (χ2v) is 4.17. The van der Waals surface area contributed by atoms with Gasteiger partial charge in [0, 0.05) is 10.5 Å². The van der Waals surface area contributed by atoms with Crippen molar-refractivity contribution >= 4 is 18.0 Å². The van der Waals surface area contributed by atoms with Gasteiger partial charge >= 0.3 is 0 Å². The fourth-order valence-corrected chi connectivity index (χ4v) is 2.56. The number of aryl methyl sites for hydroxylation is 1. The summed E-state index contributed by atoms with van der Waals surface area (Å²) in [6.07, 6.45) is 2.66. The van der Waals surface area contributed by atoms with Gasteiger partial charge in [-0.15, -0.1) is 11.8 Å². The van der Waals surface area contributed by atoms with E-state index in [4.69, 9.17) is 0 Å². The number of hydrogen-bond donors (Lipinski definition) is 0. The fraction of sp³-hybridized carbons (Fsp3) is 0.300. The van der Waals surface area contributed by atoms with Crippen molar-refractivity contribution in [2.75, 3.05) is 5.75 Å². The summed E-state index contributed by atoms with van der Waals surface area (Å²) in [6, 6.07) is 3.10. The van der Waals surface area contributed by atoms with Crippen LogP contribution in [-0.4, -0.2) is 12.0 Å². The van der Waals surface area contributed by atoms with Gasteiger partial charge in [0.15, 0.2) is 0 Å². The van der Waals surface area contributed by atoms with Crippen LogP contribution in [0.2, 0.25) is 0 Å². The lowest BCUT2D eigenvalue weighted by atomic mass is 10.1. The van der Waals surface area contributed by atoms with Gasteiger partial charge in [0.05, 0.1) is 0 Å². The van der Waals surface area contributed by atoms with Gasteiger partial charge in [-0.05, 0) is 36.3 Å². The highest BCUT2D eigenvalue weighted by Gasteiger charge is 2.14. The molecule has 2 rings (SSSR count). The lowest BCUT2D eigenvalue weighted by Crippen LogP contribution is -2.02. The molecule has 0 unspecified atom stereocenters. The zero-order valence-corrected chi connectivity index (χ0v) is 7.86. The average molecular weight is 196 g/mol. The number of halogens is 1. The van der Waals surface area contributed by atoms with Crippen molar-refractivity contribution in [2.24, 2.45) is 0 Å². The predicted molar refractivity (Wildman–Crippen MR) is 50.8 cm³/mol. The van der Waals surface area contributed by atoms with Crippen LogP contribution < -0.4 is 0 Å². The van der Waals surface area contributed by atoms with Gasteiger partial charge < -0.3 is 0 Å². The topological polar surface area (TPSA) is 17.1 Å². The van der Waals surface area contributed by atoms with Crippen molar-refractivity contribution in [3.63, 3.8) is 0 Å². The Kier molecular flexibility index (Phi) is 2.36. The normalized spacial score (nSPS) is 15.2. The van der Waals surface area contributed by atoms with Gasteiger partial charge in [-0.25, -0.2) is 4.39 Å². The summed E-state index contributed by atoms with van der Waals surface area (Å²) in [6.45, 7) is 0. The quantitative estimate of drug-likeness (QED) is 0.642. The second kappa shape index (κ2) is 3.50. The standard InChI is InChI=1S/C10H9FOS/c11-9-5-7(6-12)4-8-2-1-3-13-10(8)9/h4-6H,1-3H2. The Morgan fingerprint density at radius 2 is 2.31 bits per heavy atom. The largest absolute Gasteiger partial charge is 0.298 e. The molecule has 3 heteroatoms. The van der Waals surface area contributed by atoms with Crippen LogP contribution in [0.3, 0.4) is 0 Å². The summed E-state index contributed by atoms with van der Waals surface area (Å²) < 4.78 is 13.3. The number of carbonyl (C=O) groups is 1. The minimum Gasteiger partial charge on any atom is -0.298 e. The molecule has 0 radical (unpaired) electrons. The molecule has 0 bridgehead atoms. The molecule has 0 saturated heterocycles. The van der Waals surface area contributed by atoms with Crippen molar-refractivity contribution in [3.05, 3.63) is 29.1 Å². The molecular formula is C10H9FOS. The Morgan fingerprint density at radius 3 is 3.08 bits per heavy atom. The van der Waals surface area contributed by atoms with E-state index in [0.717, 1.165) is 29.1 Å². The van der Waals surface area contributed by atoms with Crippen LogP contribution in [0, 0.1) is 5.82 Å². The summed E-state index contributed by atoms with van der Waals surface area (Å²) in [7, 11) is 0. The minimum atomic E-state index is -0.246. The van der Waals surface area contributed by atoms with Crippen LogP contribution in [0.4, 0.5) is 4.39 Å². The van der Waals surface area contributed by atoms with Gasteiger partial charge in [-0.1, -0.05) is 0 Å². The Balaban J connectivity index is 2.52. The number of fused-ring (bicyclic) bond motifs is 1. The molecule has 0 amide bonds. The van der Waals surface area contributed by atoms with E-state index in [1.807, 2.05) is 0 Å². The maximum Gasteiger partial charge on any atom is 0.150 e. The number of hydrogen-bond acceptors (Lipinski definition) is 2. The van der Waals surface area contributed by atoms with Crippen LogP contribution in [0.5, 0.6) is 0 Å². The minimum absolute atomic E-state index is 0.246. The van der Waals surface area contributed by atoms with Crippen molar-refractivity contribution in [2.45, 2.75) is 17.7 Å². The first-order valence-electron chi connectivity index (χ1n) is 4.21. The first-order chi connectivity index (χ1) is 6.31. The third-order valence-electron chi connectivity index (χ3n) is 2.12. The molecule has 1 aromatic rings. The van der Waals surface area contributed by atoms with Crippen LogP contribution in [0.15, 0.2) is 17.0 Å². The van der Waals surface area contributed by atoms with Crippen molar-refractivity contribution in [1.29, 1.82) is 0 Å². The third-order valence-corrected chi connectivity index (χ3v) is 3.35. The van der Waals surface area contributed by atoms with E-state index in [1.165, 1.54) is 6.07 Å². The van der Waals surface area contributed by atoms with Crippen LogP contribution >= 0.6 is 11.8 Å². The molecule has 1 aliphatic heterocycles. The summed E-state index contributed by atoms with van der Waals surface area (Å²) in [5.41, 5.74) is 1.43. The highest BCUT2D eigenvalue weighted by molar-refractivity contribution is 7.99. The molecule has 0 aliphatic carbocycles. The van der Waals surface area contributed by atoms with E-state index in [2.05, 4.69) is 0 Å². The molecule has 0 N–H and O–H groups in total. The smallest absolute Gasteiger partial charge is 0.150 e. The molecule has 1 heterocycles. The van der Waals surface area contributed by atoms with E-state index >= 15 is 0 Å². The average Bonchev–Trinajstić information content (AvgIpc) is 2.18. The van der Waals surface area contributed by atoms with Crippen molar-refractivity contribution < 1.29 is 9.18 Å². The van der Waals surface area contributed by atoms with Gasteiger partial charge in [-0.3, -0.25) is 4.79 Å². The van der Waals surface area contributed by atoms with Gasteiger partial charge in [0.25, 0.3) is 0 Å². The monoisotopic (exact) mass is 196 g/mol. The Hall–Kier alpha value is -0.830. The molecule has 0 fully saturated rings. The Morgan fingerprint density at radius 1 is 1.46 bits per heavy atom. The zero-order chi connectivity index (χ0) is 9.26. The van der Waals surface area contributed by atoms with E-state index in [0.29, 0.717) is 11.8 Å². The summed E-state index contributed by atoms with van der Waals surface area (Å²) in [4.78, 5) is 11.2. The van der Waals surface area contributed by atoms with E-state index in [9.17, 15) is 9.18 Å². The molecule has 0 spiro atoms. The van der Waals surface area contributed by atoms with Crippen LogP contribution in [-0.2, 0) is 6.42 Å². The molecule has 68 valence electrons. The molecule has 1 aliphatic rings. The number of benzene rings is 1. The predicted octanol–water partition coefficient (Wildman–Crippen LogP) is 2.68. The summed E-state index contributed by atoms with van der Waals surface area (Å²) in [5.74, 6) is 0.731. The van der Waals surface area contributed by atoms with Gasteiger partial charge in [0.1, 0.15) is 12.1 Å². The van der Waals surface area contributed by atoms with Crippen LogP contribution in [0.1, 0.15) is 22.3 Å². The number of thioether (sulfide) groups is 1. The van der Waals surface area contributed by atoms with E-state index in [-0.39, 0.29) is 5.82 Å². The molecule has 0 aromatic heterocycles. The van der Waals surface area contributed by atoms with Gasteiger partial charge in [-0.2, -0.15) is 0 Å². The van der Waals surface area contributed by atoms with Gasteiger partial charge in [0.2, 0.25) is 0 Å². The SMILES string of the molecule is O=Cc1cc(F)c2c(c1)CCCS2. The Labute approximate surface area is 80.3 Å². The highest BCUT2D eigenvalue weighted by atomic mass is 32.2. The van der Waals surface area contributed by atoms with E-state index in [1.54, 1.807) is 17.8 Å². The molecule has 13 heavy (non-hydrogen) atoms. The molecular weight excluding hydrogens is 187 g/mol. The van der Waals surface area contributed by atoms with Crippen LogP contribution in [0.25, 0.3) is 0 Å². The highest BCUT2D eigenvalue weighted by Crippen LogP contribution is 2.32. The number of aldehydes is 1. The fourth-order valence-electron chi connectivity index (χ4n) is 1.53. The van der Waals surface area contributed by atoms with Crippen molar-refractivity contribution in [3.8, 4) is 0 Å². The van der Waals surface area contributed by atoms with Crippen molar-refractivity contribution in [1.82, 2.24) is 0 Å². The zero-order valence-electron chi connectivity index (χ0n) is 7.05. The summed E-state index contributed by atoms with van der Waals surface area (Å²) >= 11 is 1.54. The first kappa shape index (κ1) is 8.75. The molecule has 1 aromatic carbocycles. The second-order valence-electron chi connectivity index (χ2n) is 3.06. The number of carbonyl (C=O) groups excluding carboxylic acids is 1. The third kappa shape index (κ3) is 1.61. The lowest BCUT2D eigenvalue weighted by molar-refractivity contribution is 0.112. The Bertz CT molecular complexity index is 349. The maximum atomic E-state index is 13.3. The maximum absolute atomic E-state index is 13.3.